The predicted molar refractivity (Wildman–Crippen MR) is 125 cm³/mol. The van der Waals surface area contributed by atoms with Crippen LogP contribution in [-0.2, 0) is 14.6 Å². The molecule has 0 unspecified atom stereocenters. The topological polar surface area (TPSA) is 118 Å². The summed E-state index contributed by atoms with van der Waals surface area (Å²) >= 11 is 0.754. The lowest BCUT2D eigenvalue weighted by atomic mass is 10.1. The fraction of sp³-hybridized carbons (Fsp3) is 0.273. The van der Waals surface area contributed by atoms with Crippen LogP contribution in [0.4, 0.5) is 5.13 Å². The smallest absolute Gasteiger partial charge is 0.268 e. The number of rotatable bonds is 6. The van der Waals surface area contributed by atoms with E-state index in [4.69, 9.17) is 0 Å². The van der Waals surface area contributed by atoms with Gasteiger partial charge in [-0.05, 0) is 68.7 Å². The first kappa shape index (κ1) is 23.4. The normalized spacial score (nSPS) is 11.9. The molecule has 32 heavy (non-hydrogen) atoms. The van der Waals surface area contributed by atoms with E-state index in [9.17, 15) is 18.5 Å². The summed E-state index contributed by atoms with van der Waals surface area (Å²) in [6.07, 6.45) is 1.52. The van der Waals surface area contributed by atoms with Crippen LogP contribution in [0.1, 0.15) is 35.0 Å². The van der Waals surface area contributed by atoms with Gasteiger partial charge in [0, 0.05) is 17.1 Å². The number of nitriles is 1. The quantitative estimate of drug-likeness (QED) is 0.332. The van der Waals surface area contributed by atoms with Crippen LogP contribution in [-0.4, -0.2) is 34.8 Å². The highest BCUT2D eigenvalue weighted by Gasteiger charge is 2.20. The third-order valence-corrected chi connectivity index (χ3v) is 7.89. The second-order valence-corrected chi connectivity index (χ2v) is 10.8. The Morgan fingerprint density at radius 3 is 2.41 bits per heavy atom. The van der Waals surface area contributed by atoms with Gasteiger partial charge in [-0.1, -0.05) is 24.3 Å². The number of hydrogen-bond acceptors (Lipinski definition) is 7. The molecular weight excluding hydrogens is 446 g/mol. The van der Waals surface area contributed by atoms with E-state index in [2.05, 4.69) is 38.3 Å². The molecule has 1 N–H and O–H groups in total. The fourth-order valence-electron chi connectivity index (χ4n) is 3.39. The van der Waals surface area contributed by atoms with Gasteiger partial charge in [0.05, 0.1) is 5.75 Å². The van der Waals surface area contributed by atoms with Crippen molar-refractivity contribution in [1.29, 1.82) is 5.26 Å². The van der Waals surface area contributed by atoms with Crippen LogP contribution in [0.15, 0.2) is 34.2 Å². The Labute approximate surface area is 191 Å². The van der Waals surface area contributed by atoms with Crippen molar-refractivity contribution in [3.8, 4) is 11.8 Å². The van der Waals surface area contributed by atoms with E-state index in [1.807, 2.05) is 39.8 Å². The molecule has 8 nitrogen and oxygen atoms in total. The second-order valence-electron chi connectivity index (χ2n) is 7.41. The van der Waals surface area contributed by atoms with Crippen LogP contribution in [0.3, 0.4) is 0 Å². The molecular formula is C22H23N5O3S2. The van der Waals surface area contributed by atoms with Gasteiger partial charge in [-0.3, -0.25) is 10.1 Å². The van der Waals surface area contributed by atoms with E-state index in [1.54, 1.807) is 0 Å². The van der Waals surface area contributed by atoms with Crippen LogP contribution in [0.2, 0.25) is 0 Å². The molecule has 10 heteroatoms. The van der Waals surface area contributed by atoms with Gasteiger partial charge < -0.3 is 4.57 Å². The van der Waals surface area contributed by atoms with Crippen molar-refractivity contribution in [3.63, 3.8) is 0 Å². The zero-order valence-electron chi connectivity index (χ0n) is 18.4. The Kier molecular flexibility index (Phi) is 6.62. The second kappa shape index (κ2) is 9.06. The Morgan fingerprint density at radius 2 is 1.81 bits per heavy atom. The lowest BCUT2D eigenvalue weighted by molar-refractivity contribution is -0.112. The maximum Gasteiger partial charge on any atom is 0.268 e. The lowest BCUT2D eigenvalue weighted by Gasteiger charge is -2.12. The van der Waals surface area contributed by atoms with Crippen LogP contribution >= 0.6 is 11.3 Å². The molecule has 166 valence electrons. The number of aryl methyl sites for hydroxylation is 3. The predicted octanol–water partition coefficient (Wildman–Crippen LogP) is 3.90. The third-order valence-electron chi connectivity index (χ3n) is 4.87. The molecule has 1 aromatic carbocycles. The maximum absolute atomic E-state index is 12.6. The van der Waals surface area contributed by atoms with Gasteiger partial charge in [0.2, 0.25) is 19.3 Å². The molecule has 0 fully saturated rings. The molecule has 0 bridgehead atoms. The van der Waals surface area contributed by atoms with Gasteiger partial charge >= 0.3 is 0 Å². The van der Waals surface area contributed by atoms with E-state index < -0.39 is 15.7 Å². The zero-order valence-corrected chi connectivity index (χ0v) is 20.1. The lowest BCUT2D eigenvalue weighted by Crippen LogP contribution is -2.13. The van der Waals surface area contributed by atoms with Crippen molar-refractivity contribution >= 4 is 38.3 Å². The van der Waals surface area contributed by atoms with Crippen molar-refractivity contribution in [3.05, 3.63) is 57.9 Å². The summed E-state index contributed by atoms with van der Waals surface area (Å²) in [5.74, 6) is -0.796. The molecule has 0 saturated heterocycles. The monoisotopic (exact) mass is 469 g/mol. The molecule has 1 amide bonds. The number of aromatic nitrogens is 3. The number of nitrogens with zero attached hydrogens (tertiary/aromatic N) is 4. The van der Waals surface area contributed by atoms with E-state index in [-0.39, 0.29) is 20.8 Å². The fourth-order valence-corrected chi connectivity index (χ4v) is 5.37. The van der Waals surface area contributed by atoms with Gasteiger partial charge in [0.25, 0.3) is 5.91 Å². The molecule has 0 aliphatic heterocycles. The molecule has 0 radical (unpaired) electrons. The van der Waals surface area contributed by atoms with Crippen LogP contribution < -0.4 is 5.32 Å². The van der Waals surface area contributed by atoms with Crippen molar-refractivity contribution in [1.82, 2.24) is 14.8 Å². The van der Waals surface area contributed by atoms with Gasteiger partial charge in [-0.15, -0.1) is 10.2 Å². The average Bonchev–Trinajstić information content (AvgIpc) is 3.29. The Bertz CT molecular complexity index is 1350. The zero-order chi connectivity index (χ0) is 23.6. The number of hydrogen-bond donors (Lipinski definition) is 1. The van der Waals surface area contributed by atoms with E-state index in [0.29, 0.717) is 0 Å². The van der Waals surface area contributed by atoms with Gasteiger partial charge in [0.15, 0.2) is 0 Å². The van der Waals surface area contributed by atoms with Crippen LogP contribution in [0, 0.1) is 39.0 Å². The van der Waals surface area contributed by atoms with Crippen molar-refractivity contribution in [2.75, 3.05) is 11.1 Å². The minimum Gasteiger partial charge on any atom is -0.318 e. The van der Waals surface area contributed by atoms with Crippen molar-refractivity contribution in [2.24, 2.45) is 0 Å². The summed E-state index contributed by atoms with van der Waals surface area (Å²) in [6.45, 7) is 9.46. The van der Waals surface area contributed by atoms with E-state index >= 15 is 0 Å². The summed E-state index contributed by atoms with van der Waals surface area (Å²) in [6, 6.07) is 10.1. The number of amides is 1. The summed E-state index contributed by atoms with van der Waals surface area (Å²) < 4.78 is 25.7. The molecule has 0 spiro atoms. The Hall–Kier alpha value is -3.29. The number of sulfone groups is 1. The molecule has 2 aromatic heterocycles. The molecule has 3 rings (SSSR count). The molecule has 3 aromatic rings. The highest BCUT2D eigenvalue weighted by Crippen LogP contribution is 2.25. The number of anilines is 1. The standard InChI is InChI=1S/C22H23N5O3S2/c1-6-32(29,30)22-26-25-21(31-22)24-20(28)18(12-23)11-17-10-15(4)27(16(17)5)19-8-13(2)7-14(3)9-19/h7-11H,6H2,1-5H3,(H,24,25,28)/b18-11-. The molecule has 0 atom stereocenters. The first-order chi connectivity index (χ1) is 15.1. The number of nitrogens with one attached hydrogen (secondary N) is 1. The van der Waals surface area contributed by atoms with Gasteiger partial charge in [-0.25, -0.2) is 8.42 Å². The van der Waals surface area contributed by atoms with Crippen LogP contribution in [0.25, 0.3) is 11.8 Å². The molecule has 2 heterocycles. The van der Waals surface area contributed by atoms with Crippen molar-refractivity contribution in [2.45, 2.75) is 39.0 Å². The Balaban J connectivity index is 1.92. The molecule has 0 aliphatic rings. The maximum atomic E-state index is 12.6. The minimum absolute atomic E-state index is 0.0175. The summed E-state index contributed by atoms with van der Waals surface area (Å²) in [5.41, 5.74) is 5.76. The third kappa shape index (κ3) is 4.79. The SMILES string of the molecule is CCS(=O)(=O)c1nnc(NC(=O)/C(C#N)=C\c2cc(C)n(-c3cc(C)cc(C)c3)c2C)s1. The molecule has 0 saturated carbocycles. The van der Waals surface area contributed by atoms with E-state index in [1.165, 1.54) is 13.0 Å². The summed E-state index contributed by atoms with van der Waals surface area (Å²) in [5, 5.41) is 19.3. The highest BCUT2D eigenvalue weighted by molar-refractivity contribution is 7.93. The number of carbonyl (C=O) groups is 1. The van der Waals surface area contributed by atoms with Gasteiger partial charge in [0.1, 0.15) is 11.6 Å². The number of benzene rings is 1. The number of carbonyl (C=O) groups excluding carboxylic acids is 1. The molecule has 0 aliphatic carbocycles. The first-order valence-electron chi connectivity index (χ1n) is 9.82. The minimum atomic E-state index is -3.52. The summed E-state index contributed by atoms with van der Waals surface area (Å²) in [7, 11) is -3.52. The van der Waals surface area contributed by atoms with Crippen LogP contribution in [0.5, 0.6) is 0 Å². The van der Waals surface area contributed by atoms with E-state index in [0.717, 1.165) is 45.1 Å². The summed E-state index contributed by atoms with van der Waals surface area (Å²) in [4.78, 5) is 12.6. The largest absolute Gasteiger partial charge is 0.318 e. The van der Waals surface area contributed by atoms with Crippen molar-refractivity contribution < 1.29 is 13.2 Å². The van der Waals surface area contributed by atoms with Gasteiger partial charge in [-0.2, -0.15) is 5.26 Å². The first-order valence-corrected chi connectivity index (χ1v) is 12.3. The Morgan fingerprint density at radius 1 is 1.16 bits per heavy atom. The average molecular weight is 470 g/mol. The highest BCUT2D eigenvalue weighted by atomic mass is 32.2.